The molecular formula is C17H10O. The summed E-state index contributed by atoms with van der Waals surface area (Å²) in [5.74, 6) is 4.91. The molecule has 0 amide bonds. The Morgan fingerprint density at radius 1 is 0.944 bits per heavy atom. The molecule has 0 radical (unpaired) electrons. The molecule has 0 spiro atoms. The highest BCUT2D eigenvalue weighted by atomic mass is 16.1. The van der Waals surface area contributed by atoms with Crippen LogP contribution in [0.2, 0.25) is 0 Å². The molecule has 0 aromatic heterocycles. The summed E-state index contributed by atoms with van der Waals surface area (Å²) in [7, 11) is 0. The van der Waals surface area contributed by atoms with Gasteiger partial charge in [0.25, 0.3) is 0 Å². The summed E-state index contributed by atoms with van der Waals surface area (Å²) in [5, 5.41) is 0. The summed E-state index contributed by atoms with van der Waals surface area (Å²) in [6, 6.07) is 14.1. The molecule has 2 aromatic carbocycles. The fourth-order valence-corrected chi connectivity index (χ4v) is 1.70. The van der Waals surface area contributed by atoms with Crippen LogP contribution in [0.1, 0.15) is 27.0 Å². The minimum atomic E-state index is -0.0906. The third-order valence-corrected chi connectivity index (χ3v) is 2.62. The predicted molar refractivity (Wildman–Crippen MR) is 72.2 cm³/mol. The number of terminal acetylenes is 2. The summed E-state index contributed by atoms with van der Waals surface area (Å²) in [5.41, 5.74) is 2.32. The number of rotatable bonds is 2. The molecule has 84 valence electrons. The van der Waals surface area contributed by atoms with Gasteiger partial charge in [-0.2, -0.15) is 0 Å². The molecule has 0 N–H and O–H groups in total. The Bertz CT molecular complexity index is 667. The Hall–Kier alpha value is -2.77. The van der Waals surface area contributed by atoms with Crippen molar-refractivity contribution in [3.63, 3.8) is 0 Å². The molecule has 0 bridgehead atoms. The normalized spacial score (nSPS) is 9.22. The molecule has 2 aromatic rings. The van der Waals surface area contributed by atoms with E-state index in [1.54, 1.807) is 30.3 Å². The number of hydrogen-bond donors (Lipinski definition) is 0. The monoisotopic (exact) mass is 230 g/mol. The standard InChI is InChI=1S/C17H10O/c1-3-13-10-11-16(14(4-2)12-13)17(18)15-8-6-5-7-9-15/h1-2,5-12H. The van der Waals surface area contributed by atoms with E-state index in [9.17, 15) is 4.79 Å². The van der Waals surface area contributed by atoms with Gasteiger partial charge in [-0.05, 0) is 18.2 Å². The van der Waals surface area contributed by atoms with Crippen LogP contribution in [0.5, 0.6) is 0 Å². The number of carbonyl (C=O) groups excluding carboxylic acids is 1. The van der Waals surface area contributed by atoms with E-state index in [0.29, 0.717) is 22.3 Å². The zero-order valence-corrected chi connectivity index (χ0v) is 9.68. The predicted octanol–water partition coefficient (Wildman–Crippen LogP) is 2.88. The Balaban J connectivity index is 2.50. The molecule has 0 saturated heterocycles. The van der Waals surface area contributed by atoms with Gasteiger partial charge in [0, 0.05) is 22.3 Å². The average molecular weight is 230 g/mol. The molecule has 0 fully saturated rings. The average Bonchev–Trinajstić information content (AvgIpc) is 2.46. The van der Waals surface area contributed by atoms with Crippen LogP contribution in [-0.4, -0.2) is 5.78 Å². The zero-order chi connectivity index (χ0) is 13.0. The maximum absolute atomic E-state index is 12.3. The van der Waals surface area contributed by atoms with E-state index in [1.165, 1.54) is 0 Å². The first-order valence-electron chi connectivity index (χ1n) is 5.43. The SMILES string of the molecule is C#Cc1ccc(C(=O)c2ccccc2)c(C#C)c1. The molecule has 0 aliphatic heterocycles. The van der Waals surface area contributed by atoms with Crippen molar-refractivity contribution in [1.29, 1.82) is 0 Å². The minimum Gasteiger partial charge on any atom is -0.289 e. The lowest BCUT2D eigenvalue weighted by Crippen LogP contribution is -2.04. The van der Waals surface area contributed by atoms with Crippen LogP contribution >= 0.6 is 0 Å². The Kier molecular flexibility index (Phi) is 3.28. The highest BCUT2D eigenvalue weighted by Crippen LogP contribution is 2.15. The van der Waals surface area contributed by atoms with Crippen molar-refractivity contribution in [3.8, 4) is 24.7 Å². The van der Waals surface area contributed by atoms with E-state index in [-0.39, 0.29) is 5.78 Å². The molecule has 18 heavy (non-hydrogen) atoms. The first-order chi connectivity index (χ1) is 8.76. The lowest BCUT2D eigenvalue weighted by Gasteiger charge is -2.04. The van der Waals surface area contributed by atoms with Gasteiger partial charge in [-0.3, -0.25) is 4.79 Å². The van der Waals surface area contributed by atoms with Crippen LogP contribution in [0.15, 0.2) is 48.5 Å². The van der Waals surface area contributed by atoms with Crippen molar-refractivity contribution in [1.82, 2.24) is 0 Å². The van der Waals surface area contributed by atoms with Gasteiger partial charge in [0.05, 0.1) is 0 Å². The molecule has 1 heteroatoms. The molecule has 0 heterocycles. The molecule has 2 rings (SSSR count). The number of benzene rings is 2. The Morgan fingerprint density at radius 3 is 2.28 bits per heavy atom. The van der Waals surface area contributed by atoms with Gasteiger partial charge in [-0.15, -0.1) is 12.8 Å². The summed E-state index contributed by atoms with van der Waals surface area (Å²) < 4.78 is 0. The molecule has 0 aliphatic rings. The van der Waals surface area contributed by atoms with E-state index in [0.717, 1.165) is 0 Å². The lowest BCUT2D eigenvalue weighted by molar-refractivity contribution is 0.103. The fourth-order valence-electron chi connectivity index (χ4n) is 1.70. The van der Waals surface area contributed by atoms with Crippen LogP contribution in [0.4, 0.5) is 0 Å². The third kappa shape index (κ3) is 2.17. The van der Waals surface area contributed by atoms with Crippen molar-refractivity contribution >= 4 is 5.78 Å². The molecule has 0 unspecified atom stereocenters. The van der Waals surface area contributed by atoms with Crippen molar-refractivity contribution in [2.24, 2.45) is 0 Å². The van der Waals surface area contributed by atoms with Crippen molar-refractivity contribution < 1.29 is 4.79 Å². The first kappa shape index (κ1) is 11.7. The van der Waals surface area contributed by atoms with Crippen LogP contribution < -0.4 is 0 Å². The molecular weight excluding hydrogens is 220 g/mol. The van der Waals surface area contributed by atoms with Crippen molar-refractivity contribution in [2.45, 2.75) is 0 Å². The van der Waals surface area contributed by atoms with Gasteiger partial charge < -0.3 is 0 Å². The highest BCUT2D eigenvalue weighted by Gasteiger charge is 2.12. The van der Waals surface area contributed by atoms with Gasteiger partial charge in [-0.1, -0.05) is 42.2 Å². The smallest absolute Gasteiger partial charge is 0.194 e. The van der Waals surface area contributed by atoms with Gasteiger partial charge >= 0.3 is 0 Å². The maximum atomic E-state index is 12.3. The van der Waals surface area contributed by atoms with Crippen LogP contribution in [-0.2, 0) is 0 Å². The van der Waals surface area contributed by atoms with E-state index in [4.69, 9.17) is 12.8 Å². The van der Waals surface area contributed by atoms with E-state index >= 15 is 0 Å². The Morgan fingerprint density at radius 2 is 1.67 bits per heavy atom. The van der Waals surface area contributed by atoms with Crippen LogP contribution in [0.25, 0.3) is 0 Å². The van der Waals surface area contributed by atoms with E-state index in [1.807, 2.05) is 18.2 Å². The second kappa shape index (κ2) is 5.04. The maximum Gasteiger partial charge on any atom is 0.194 e. The third-order valence-electron chi connectivity index (χ3n) is 2.62. The summed E-state index contributed by atoms with van der Waals surface area (Å²) >= 11 is 0. The van der Waals surface area contributed by atoms with Crippen LogP contribution in [0, 0.1) is 24.7 Å². The quantitative estimate of drug-likeness (QED) is 0.572. The van der Waals surface area contributed by atoms with Crippen molar-refractivity contribution in [3.05, 3.63) is 70.8 Å². The van der Waals surface area contributed by atoms with Gasteiger partial charge in [-0.25, -0.2) is 0 Å². The van der Waals surface area contributed by atoms with Gasteiger partial charge in [0.1, 0.15) is 0 Å². The topological polar surface area (TPSA) is 17.1 Å². The van der Waals surface area contributed by atoms with E-state index < -0.39 is 0 Å². The second-order valence-electron chi connectivity index (χ2n) is 3.74. The molecule has 0 saturated carbocycles. The molecule has 0 aliphatic carbocycles. The van der Waals surface area contributed by atoms with E-state index in [2.05, 4.69) is 11.8 Å². The lowest BCUT2D eigenvalue weighted by atomic mass is 9.97. The largest absolute Gasteiger partial charge is 0.289 e. The zero-order valence-electron chi connectivity index (χ0n) is 9.68. The summed E-state index contributed by atoms with van der Waals surface area (Å²) in [4.78, 5) is 12.3. The second-order valence-corrected chi connectivity index (χ2v) is 3.74. The van der Waals surface area contributed by atoms with Gasteiger partial charge in [0.15, 0.2) is 5.78 Å². The van der Waals surface area contributed by atoms with Crippen molar-refractivity contribution in [2.75, 3.05) is 0 Å². The van der Waals surface area contributed by atoms with Crippen LogP contribution in [0.3, 0.4) is 0 Å². The fraction of sp³-hybridized carbons (Fsp3) is 0. The number of hydrogen-bond acceptors (Lipinski definition) is 1. The number of ketones is 1. The minimum absolute atomic E-state index is 0.0906. The highest BCUT2D eigenvalue weighted by molar-refractivity contribution is 6.10. The summed E-state index contributed by atoms with van der Waals surface area (Å²) in [6.07, 6.45) is 10.7. The first-order valence-corrected chi connectivity index (χ1v) is 5.43. The van der Waals surface area contributed by atoms with Gasteiger partial charge in [0.2, 0.25) is 0 Å². The molecule has 1 nitrogen and oxygen atoms in total. The summed E-state index contributed by atoms with van der Waals surface area (Å²) in [6.45, 7) is 0. The molecule has 0 atom stereocenters. The Labute approximate surface area is 106 Å². The number of carbonyl (C=O) groups is 1.